The van der Waals surface area contributed by atoms with E-state index in [1.54, 1.807) is 7.05 Å². The number of nitro benzene ring substituents is 1. The highest BCUT2D eigenvalue weighted by atomic mass is 19.1. The van der Waals surface area contributed by atoms with E-state index in [1.165, 1.54) is 0 Å². The predicted octanol–water partition coefficient (Wildman–Crippen LogP) is 2.29. The number of nitrogens with zero attached hydrogens (tertiary/aromatic N) is 2. The summed E-state index contributed by atoms with van der Waals surface area (Å²) in [5.41, 5.74) is -1.39. The minimum absolute atomic E-state index is 0.171. The van der Waals surface area contributed by atoms with E-state index < -0.39 is 27.8 Å². The van der Waals surface area contributed by atoms with Gasteiger partial charge in [0.2, 0.25) is 5.82 Å². The fourth-order valence-corrected chi connectivity index (χ4v) is 1.68. The van der Waals surface area contributed by atoms with Crippen molar-refractivity contribution >= 4 is 5.69 Å². The third kappa shape index (κ3) is 2.64. The molecule has 0 atom stereocenters. The van der Waals surface area contributed by atoms with Crippen molar-refractivity contribution in [1.29, 1.82) is 0 Å². The first-order valence-corrected chi connectivity index (χ1v) is 5.76. The second-order valence-corrected chi connectivity index (χ2v) is 3.98. The lowest BCUT2D eigenvalue weighted by Crippen LogP contribution is -2.10. The number of hydrogen-bond donors (Lipinski definition) is 1. The van der Waals surface area contributed by atoms with Crippen LogP contribution < -0.4 is 5.32 Å². The maximum atomic E-state index is 13.9. The minimum Gasteiger partial charge on any atom is -0.440 e. The molecule has 0 radical (unpaired) electrons. The largest absolute Gasteiger partial charge is 0.440 e. The Morgan fingerprint density at radius 2 is 2.20 bits per heavy atom. The van der Waals surface area contributed by atoms with Gasteiger partial charge in [0, 0.05) is 19.0 Å². The molecule has 0 aliphatic rings. The van der Waals surface area contributed by atoms with Crippen molar-refractivity contribution in [3.63, 3.8) is 0 Å². The molecule has 6 nitrogen and oxygen atoms in total. The van der Waals surface area contributed by atoms with Gasteiger partial charge in [-0.05, 0) is 13.1 Å². The van der Waals surface area contributed by atoms with E-state index in [9.17, 15) is 18.9 Å². The number of likely N-dealkylation sites (N-methyl/N-ethyl adjacent to an activating group) is 1. The maximum absolute atomic E-state index is 13.9. The Morgan fingerprint density at radius 1 is 1.45 bits per heavy atom. The molecule has 20 heavy (non-hydrogen) atoms. The maximum Gasteiger partial charge on any atom is 0.305 e. The van der Waals surface area contributed by atoms with Crippen LogP contribution in [0.1, 0.15) is 5.89 Å². The first-order chi connectivity index (χ1) is 9.54. The standard InChI is InChI=1S/C12H11F2N3O3/c1-15-5-4-10-16-6-9(20-10)11-7(13)2-3-8(12(11)14)17(18)19/h2-3,6,15H,4-5H2,1H3. The average molecular weight is 283 g/mol. The molecule has 0 amide bonds. The zero-order valence-corrected chi connectivity index (χ0v) is 10.5. The van der Waals surface area contributed by atoms with E-state index in [4.69, 9.17) is 4.42 Å². The lowest BCUT2D eigenvalue weighted by atomic mass is 10.1. The third-order valence-electron chi connectivity index (χ3n) is 2.66. The van der Waals surface area contributed by atoms with Gasteiger partial charge in [-0.1, -0.05) is 0 Å². The van der Waals surface area contributed by atoms with Crippen LogP contribution in [0.3, 0.4) is 0 Å². The second kappa shape index (κ2) is 5.74. The Bertz CT molecular complexity index is 643. The molecule has 0 aliphatic heterocycles. The Kier molecular flexibility index (Phi) is 4.04. The van der Waals surface area contributed by atoms with E-state index in [0.29, 0.717) is 18.9 Å². The summed E-state index contributed by atoms with van der Waals surface area (Å²) in [5, 5.41) is 13.5. The molecule has 0 spiro atoms. The molecule has 2 aromatic rings. The molecule has 0 saturated carbocycles. The number of nitrogens with one attached hydrogen (secondary N) is 1. The Balaban J connectivity index is 2.44. The van der Waals surface area contributed by atoms with Gasteiger partial charge < -0.3 is 9.73 Å². The molecule has 0 unspecified atom stereocenters. The molecule has 0 saturated heterocycles. The van der Waals surface area contributed by atoms with Crippen molar-refractivity contribution in [2.75, 3.05) is 13.6 Å². The van der Waals surface area contributed by atoms with Gasteiger partial charge in [0.15, 0.2) is 11.7 Å². The van der Waals surface area contributed by atoms with E-state index in [1.807, 2.05) is 0 Å². The molecule has 0 aliphatic carbocycles. The SMILES string of the molecule is CNCCc1ncc(-c2c(F)ccc([N+](=O)[O-])c2F)o1. The summed E-state index contributed by atoms with van der Waals surface area (Å²) in [6.07, 6.45) is 1.59. The van der Waals surface area contributed by atoms with E-state index >= 15 is 0 Å². The van der Waals surface area contributed by atoms with Crippen LogP contribution in [0.5, 0.6) is 0 Å². The van der Waals surface area contributed by atoms with Gasteiger partial charge in [0.25, 0.3) is 0 Å². The van der Waals surface area contributed by atoms with Crippen molar-refractivity contribution in [2.45, 2.75) is 6.42 Å². The van der Waals surface area contributed by atoms with Crippen LogP contribution in [0.25, 0.3) is 11.3 Å². The van der Waals surface area contributed by atoms with E-state index in [-0.39, 0.29) is 5.76 Å². The molecule has 8 heteroatoms. The predicted molar refractivity (Wildman–Crippen MR) is 66.1 cm³/mol. The number of halogens is 2. The summed E-state index contributed by atoms with van der Waals surface area (Å²) in [6.45, 7) is 0.583. The van der Waals surface area contributed by atoms with Crippen LogP contribution in [0.2, 0.25) is 0 Å². The molecule has 106 valence electrons. The van der Waals surface area contributed by atoms with Gasteiger partial charge >= 0.3 is 5.69 Å². The number of nitro groups is 1. The van der Waals surface area contributed by atoms with Crippen molar-refractivity contribution in [3.8, 4) is 11.3 Å². The summed E-state index contributed by atoms with van der Waals surface area (Å²) in [5.74, 6) is -2.09. The van der Waals surface area contributed by atoms with Gasteiger partial charge in [-0.3, -0.25) is 10.1 Å². The van der Waals surface area contributed by atoms with Crippen LogP contribution in [0, 0.1) is 21.7 Å². The van der Waals surface area contributed by atoms with Crippen LogP contribution in [0.15, 0.2) is 22.7 Å². The summed E-state index contributed by atoms with van der Waals surface area (Å²) >= 11 is 0. The molecular formula is C12H11F2N3O3. The lowest BCUT2D eigenvalue weighted by Gasteiger charge is -2.02. The number of benzene rings is 1. The first-order valence-electron chi connectivity index (χ1n) is 5.76. The zero-order valence-electron chi connectivity index (χ0n) is 10.5. The van der Waals surface area contributed by atoms with Gasteiger partial charge in [-0.2, -0.15) is 4.39 Å². The fourth-order valence-electron chi connectivity index (χ4n) is 1.68. The highest BCUT2D eigenvalue weighted by Gasteiger charge is 2.24. The van der Waals surface area contributed by atoms with Crippen molar-refractivity contribution in [1.82, 2.24) is 10.3 Å². The van der Waals surface area contributed by atoms with Crippen molar-refractivity contribution < 1.29 is 18.1 Å². The van der Waals surface area contributed by atoms with Gasteiger partial charge in [0.05, 0.1) is 16.7 Å². The zero-order chi connectivity index (χ0) is 14.7. The topological polar surface area (TPSA) is 81.2 Å². The number of oxazole rings is 1. The molecule has 1 aromatic heterocycles. The third-order valence-corrected chi connectivity index (χ3v) is 2.66. The number of aromatic nitrogens is 1. The molecule has 0 fully saturated rings. The second-order valence-electron chi connectivity index (χ2n) is 3.98. The van der Waals surface area contributed by atoms with Crippen LogP contribution in [-0.4, -0.2) is 23.5 Å². The minimum atomic E-state index is -1.27. The van der Waals surface area contributed by atoms with Gasteiger partial charge in [-0.15, -0.1) is 0 Å². The van der Waals surface area contributed by atoms with E-state index in [0.717, 1.165) is 18.3 Å². The Labute approximate surface area is 112 Å². The number of rotatable bonds is 5. The van der Waals surface area contributed by atoms with Crippen molar-refractivity contribution in [3.05, 3.63) is 46.0 Å². The van der Waals surface area contributed by atoms with E-state index in [2.05, 4.69) is 10.3 Å². The summed E-state index contributed by atoms with van der Waals surface area (Å²) < 4.78 is 32.8. The van der Waals surface area contributed by atoms with Gasteiger partial charge in [-0.25, -0.2) is 9.37 Å². The highest BCUT2D eigenvalue weighted by molar-refractivity contribution is 5.62. The summed E-state index contributed by atoms with van der Waals surface area (Å²) in [4.78, 5) is 13.6. The fraction of sp³-hybridized carbons (Fsp3) is 0.250. The molecule has 1 N–H and O–H groups in total. The van der Waals surface area contributed by atoms with Gasteiger partial charge in [0.1, 0.15) is 5.82 Å². The molecule has 0 bridgehead atoms. The van der Waals surface area contributed by atoms with Crippen LogP contribution in [0.4, 0.5) is 14.5 Å². The Hall–Kier alpha value is -2.35. The average Bonchev–Trinajstić information content (AvgIpc) is 2.84. The molecule has 1 heterocycles. The normalized spacial score (nSPS) is 10.8. The monoisotopic (exact) mass is 283 g/mol. The summed E-state index contributed by atoms with van der Waals surface area (Å²) in [6, 6.07) is 1.60. The van der Waals surface area contributed by atoms with Crippen LogP contribution in [-0.2, 0) is 6.42 Å². The van der Waals surface area contributed by atoms with Crippen LogP contribution >= 0.6 is 0 Å². The lowest BCUT2D eigenvalue weighted by molar-refractivity contribution is -0.387. The molecule has 1 aromatic carbocycles. The molecule has 2 rings (SSSR count). The summed E-state index contributed by atoms with van der Waals surface area (Å²) in [7, 11) is 1.74. The smallest absolute Gasteiger partial charge is 0.305 e. The molecular weight excluding hydrogens is 272 g/mol. The first kappa shape index (κ1) is 14.1. The number of hydrogen-bond acceptors (Lipinski definition) is 5. The highest BCUT2D eigenvalue weighted by Crippen LogP contribution is 2.32. The quantitative estimate of drug-likeness (QED) is 0.672. The van der Waals surface area contributed by atoms with Crippen molar-refractivity contribution in [2.24, 2.45) is 0 Å². The Morgan fingerprint density at radius 3 is 2.85 bits per heavy atom.